The van der Waals surface area contributed by atoms with Crippen LogP contribution in [0, 0.1) is 5.82 Å². The molecule has 2 aromatic rings. The van der Waals surface area contributed by atoms with E-state index in [2.05, 4.69) is 10.3 Å². The fourth-order valence-corrected chi connectivity index (χ4v) is 1.47. The summed E-state index contributed by atoms with van der Waals surface area (Å²) in [6.07, 6.45) is 1.40. The summed E-state index contributed by atoms with van der Waals surface area (Å²) in [5, 5.41) is 2.48. The molecule has 0 bridgehead atoms. The van der Waals surface area contributed by atoms with Crippen molar-refractivity contribution < 1.29 is 13.9 Å². The van der Waals surface area contributed by atoms with Gasteiger partial charge in [0, 0.05) is 6.07 Å². The lowest BCUT2D eigenvalue weighted by molar-refractivity contribution is 0.102. The molecular weight excluding hydrogens is 249 g/mol. The van der Waals surface area contributed by atoms with Gasteiger partial charge in [0.1, 0.15) is 17.4 Å². The third-order valence-corrected chi connectivity index (χ3v) is 2.45. The van der Waals surface area contributed by atoms with Gasteiger partial charge in [-0.15, -0.1) is 0 Å². The predicted molar refractivity (Wildman–Crippen MR) is 69.6 cm³/mol. The van der Waals surface area contributed by atoms with Crippen molar-refractivity contribution >= 4 is 17.4 Å². The molecule has 1 amide bonds. The van der Waals surface area contributed by atoms with Gasteiger partial charge in [0.25, 0.3) is 5.91 Å². The quantitative estimate of drug-likeness (QED) is 0.886. The van der Waals surface area contributed by atoms with Gasteiger partial charge in [-0.25, -0.2) is 9.37 Å². The number of rotatable bonds is 3. The molecule has 0 saturated heterocycles. The number of pyridine rings is 1. The number of nitrogens with zero attached hydrogens (tertiary/aromatic N) is 1. The maximum atomic E-state index is 13.7. The topological polar surface area (TPSA) is 77.2 Å². The molecule has 19 heavy (non-hydrogen) atoms. The summed E-state index contributed by atoms with van der Waals surface area (Å²) in [5.74, 6) is -0.598. The van der Waals surface area contributed by atoms with Crippen molar-refractivity contribution in [3.8, 4) is 5.75 Å². The first kappa shape index (κ1) is 12.8. The van der Waals surface area contributed by atoms with Crippen molar-refractivity contribution in [3.63, 3.8) is 0 Å². The number of nitrogens with one attached hydrogen (secondary N) is 1. The molecule has 1 aromatic carbocycles. The Bertz CT molecular complexity index is 599. The van der Waals surface area contributed by atoms with Crippen LogP contribution in [0.5, 0.6) is 5.75 Å². The Morgan fingerprint density at radius 1 is 1.37 bits per heavy atom. The van der Waals surface area contributed by atoms with Crippen LogP contribution < -0.4 is 15.8 Å². The highest BCUT2D eigenvalue weighted by Crippen LogP contribution is 2.17. The number of ether oxygens (including phenoxy) is 1. The van der Waals surface area contributed by atoms with E-state index in [1.165, 1.54) is 31.5 Å². The predicted octanol–water partition coefficient (Wildman–Crippen LogP) is 2.06. The van der Waals surface area contributed by atoms with Gasteiger partial charge in [0.15, 0.2) is 0 Å². The summed E-state index contributed by atoms with van der Waals surface area (Å²) in [6.45, 7) is 0. The van der Waals surface area contributed by atoms with Gasteiger partial charge in [0.2, 0.25) is 0 Å². The highest BCUT2D eigenvalue weighted by molar-refractivity contribution is 6.04. The van der Waals surface area contributed by atoms with E-state index in [9.17, 15) is 9.18 Å². The molecule has 0 unspecified atom stereocenters. The lowest BCUT2D eigenvalue weighted by Gasteiger charge is -2.07. The van der Waals surface area contributed by atoms with Gasteiger partial charge in [-0.2, -0.15) is 0 Å². The minimum atomic E-state index is -0.660. The molecule has 0 spiro atoms. The van der Waals surface area contributed by atoms with Crippen LogP contribution in [0.4, 0.5) is 15.9 Å². The van der Waals surface area contributed by atoms with Crippen LogP contribution in [0.1, 0.15) is 10.4 Å². The van der Waals surface area contributed by atoms with Gasteiger partial charge < -0.3 is 15.8 Å². The van der Waals surface area contributed by atoms with Crippen LogP contribution in [0.3, 0.4) is 0 Å². The molecule has 1 heterocycles. The number of halogens is 1. The zero-order chi connectivity index (χ0) is 13.8. The number of hydrogen-bond donors (Lipinski definition) is 2. The van der Waals surface area contributed by atoms with Crippen LogP contribution in [-0.2, 0) is 0 Å². The van der Waals surface area contributed by atoms with Crippen LogP contribution >= 0.6 is 0 Å². The summed E-state index contributed by atoms with van der Waals surface area (Å²) >= 11 is 0. The van der Waals surface area contributed by atoms with E-state index < -0.39 is 11.7 Å². The molecule has 5 nitrogen and oxygen atoms in total. The molecular formula is C13H12FN3O2. The normalized spacial score (nSPS) is 10.0. The highest BCUT2D eigenvalue weighted by atomic mass is 19.1. The summed E-state index contributed by atoms with van der Waals surface area (Å²) < 4.78 is 18.5. The summed E-state index contributed by atoms with van der Waals surface area (Å²) in [6, 6.07) is 7.13. The van der Waals surface area contributed by atoms with Gasteiger partial charge in [-0.3, -0.25) is 4.79 Å². The van der Waals surface area contributed by atoms with Crippen molar-refractivity contribution in [2.24, 2.45) is 0 Å². The molecule has 2 rings (SSSR count). The van der Waals surface area contributed by atoms with E-state index in [4.69, 9.17) is 10.5 Å². The molecule has 0 saturated carbocycles. The maximum Gasteiger partial charge on any atom is 0.259 e. The van der Waals surface area contributed by atoms with E-state index in [1.807, 2.05) is 0 Å². The molecule has 0 fully saturated rings. The number of carbonyl (C=O) groups excluding carboxylic acids is 1. The van der Waals surface area contributed by atoms with Gasteiger partial charge in [-0.1, -0.05) is 0 Å². The average Bonchev–Trinajstić information content (AvgIpc) is 2.41. The third kappa shape index (κ3) is 2.98. The van der Waals surface area contributed by atoms with Crippen molar-refractivity contribution in [1.29, 1.82) is 0 Å². The number of aromatic nitrogens is 1. The number of hydrogen-bond acceptors (Lipinski definition) is 4. The second-order valence-corrected chi connectivity index (χ2v) is 3.78. The fourth-order valence-electron chi connectivity index (χ4n) is 1.47. The van der Waals surface area contributed by atoms with Crippen molar-refractivity contribution in [2.75, 3.05) is 18.2 Å². The molecule has 0 radical (unpaired) electrons. The second kappa shape index (κ2) is 5.34. The molecule has 0 atom stereocenters. The zero-order valence-electron chi connectivity index (χ0n) is 10.2. The minimum absolute atomic E-state index is 0.0839. The zero-order valence-corrected chi connectivity index (χ0v) is 10.2. The maximum absolute atomic E-state index is 13.7. The summed E-state index contributed by atoms with van der Waals surface area (Å²) in [7, 11) is 1.42. The van der Waals surface area contributed by atoms with Crippen LogP contribution in [0.2, 0.25) is 0 Å². The Morgan fingerprint density at radius 3 is 2.74 bits per heavy atom. The molecule has 3 N–H and O–H groups in total. The second-order valence-electron chi connectivity index (χ2n) is 3.78. The third-order valence-electron chi connectivity index (χ3n) is 2.45. The Labute approximate surface area is 109 Å². The Balaban J connectivity index is 2.18. The number of amides is 1. The smallest absolute Gasteiger partial charge is 0.259 e. The van der Waals surface area contributed by atoms with Gasteiger partial charge >= 0.3 is 0 Å². The lowest BCUT2D eigenvalue weighted by Crippen LogP contribution is -2.14. The lowest BCUT2D eigenvalue weighted by atomic mass is 10.2. The minimum Gasteiger partial charge on any atom is -0.497 e. The molecule has 6 heteroatoms. The fraction of sp³-hybridized carbons (Fsp3) is 0.0769. The Morgan fingerprint density at radius 2 is 2.16 bits per heavy atom. The number of anilines is 2. The monoisotopic (exact) mass is 261 g/mol. The van der Waals surface area contributed by atoms with Crippen molar-refractivity contribution in [3.05, 3.63) is 47.9 Å². The SMILES string of the molecule is COc1ccc(C(=O)Nc2ccc(N)cn2)c(F)c1. The van der Waals surface area contributed by atoms with E-state index >= 15 is 0 Å². The first-order valence-corrected chi connectivity index (χ1v) is 5.46. The average molecular weight is 261 g/mol. The van der Waals surface area contributed by atoms with Crippen LogP contribution in [0.25, 0.3) is 0 Å². The largest absolute Gasteiger partial charge is 0.497 e. The van der Waals surface area contributed by atoms with E-state index in [-0.39, 0.29) is 5.56 Å². The molecule has 0 aliphatic rings. The van der Waals surface area contributed by atoms with Crippen molar-refractivity contribution in [1.82, 2.24) is 4.98 Å². The van der Waals surface area contributed by atoms with Gasteiger partial charge in [-0.05, 0) is 24.3 Å². The van der Waals surface area contributed by atoms with E-state index in [0.717, 1.165) is 6.07 Å². The number of methoxy groups -OCH3 is 1. The molecule has 0 aliphatic heterocycles. The summed E-state index contributed by atoms with van der Waals surface area (Å²) in [5.41, 5.74) is 5.87. The van der Waals surface area contributed by atoms with Crippen LogP contribution in [-0.4, -0.2) is 18.0 Å². The molecule has 0 aliphatic carbocycles. The molecule has 98 valence electrons. The van der Waals surface area contributed by atoms with Crippen LogP contribution in [0.15, 0.2) is 36.5 Å². The highest BCUT2D eigenvalue weighted by Gasteiger charge is 2.13. The first-order chi connectivity index (χ1) is 9.10. The number of carbonyl (C=O) groups is 1. The van der Waals surface area contributed by atoms with E-state index in [1.54, 1.807) is 6.07 Å². The Hall–Kier alpha value is -2.63. The Kier molecular flexibility index (Phi) is 3.61. The first-order valence-electron chi connectivity index (χ1n) is 5.46. The standard InChI is InChI=1S/C13H12FN3O2/c1-19-9-3-4-10(11(14)6-9)13(18)17-12-5-2-8(15)7-16-12/h2-7H,15H2,1H3,(H,16,17,18). The molecule has 1 aromatic heterocycles. The van der Waals surface area contributed by atoms with Crippen molar-refractivity contribution in [2.45, 2.75) is 0 Å². The number of nitrogen functional groups attached to an aromatic ring is 1. The van der Waals surface area contributed by atoms with E-state index in [0.29, 0.717) is 17.3 Å². The number of benzene rings is 1. The number of nitrogens with two attached hydrogens (primary N) is 1. The van der Waals surface area contributed by atoms with Gasteiger partial charge in [0.05, 0.1) is 24.6 Å². The summed E-state index contributed by atoms with van der Waals surface area (Å²) in [4.78, 5) is 15.8.